The largest absolute Gasteiger partial charge is 0.368 e. The van der Waals surface area contributed by atoms with Gasteiger partial charge in [-0.2, -0.15) is 0 Å². The first-order valence-electron chi connectivity index (χ1n) is 8.21. The number of rotatable bonds is 12. The molecule has 0 bridgehead atoms. The minimum Gasteiger partial charge on any atom is -0.368 e. The molecule has 0 saturated heterocycles. The van der Waals surface area contributed by atoms with E-state index in [4.69, 9.17) is 14.2 Å². The van der Waals surface area contributed by atoms with Crippen molar-refractivity contribution in [1.29, 1.82) is 0 Å². The van der Waals surface area contributed by atoms with Crippen LogP contribution in [0.15, 0.2) is 0 Å². The first kappa shape index (κ1) is 21.5. The fourth-order valence-corrected chi connectivity index (χ4v) is 13.0. The van der Waals surface area contributed by atoms with Crippen LogP contribution in [0.5, 0.6) is 0 Å². The molecule has 128 valence electrons. The van der Waals surface area contributed by atoms with Gasteiger partial charge in [0.1, 0.15) is 22.4 Å². The van der Waals surface area contributed by atoms with Crippen molar-refractivity contribution < 1.29 is 14.2 Å². The van der Waals surface area contributed by atoms with Crippen LogP contribution >= 0.6 is 0 Å². The number of hydrogen-bond acceptors (Lipinski definition) is 4. The Morgan fingerprint density at radius 3 is 1.76 bits per heavy atom. The van der Waals surface area contributed by atoms with Gasteiger partial charge in [0, 0.05) is 19.8 Å². The fraction of sp³-hybridized carbons (Fsp3) is 1.00. The zero-order chi connectivity index (χ0) is 16.5. The van der Waals surface area contributed by atoms with E-state index in [-0.39, 0.29) is 15.4 Å². The summed E-state index contributed by atoms with van der Waals surface area (Å²) in [6.45, 7) is 21.6. The summed E-state index contributed by atoms with van der Waals surface area (Å²) in [7, 11) is -2.97. The van der Waals surface area contributed by atoms with Gasteiger partial charge in [-0.1, -0.05) is 39.3 Å². The second-order valence-electron chi connectivity index (χ2n) is 7.29. The summed E-state index contributed by atoms with van der Waals surface area (Å²) in [6, 6.07) is 1.12. The lowest BCUT2D eigenvalue weighted by Gasteiger charge is -2.43. The first-order valence-corrected chi connectivity index (χ1v) is 16.9. The molecule has 0 saturated carbocycles. The molecule has 0 atom stereocenters. The Morgan fingerprint density at radius 2 is 1.38 bits per heavy atom. The second kappa shape index (κ2) is 10.3. The minimum absolute atomic E-state index is 0.0636. The molecule has 0 unspecified atom stereocenters. The van der Waals surface area contributed by atoms with E-state index in [2.05, 4.69) is 43.5 Å². The minimum atomic E-state index is -1.30. The SMILES string of the molecule is CCOC(OCC)[SiH2]CCOCN([Si](C)(C)C)[Si](C)(C)C. The summed E-state index contributed by atoms with van der Waals surface area (Å²) in [5.74, 6) is 0.0636. The van der Waals surface area contributed by atoms with E-state index in [0.29, 0.717) is 0 Å². The molecule has 21 heavy (non-hydrogen) atoms. The van der Waals surface area contributed by atoms with Gasteiger partial charge in [-0.05, 0) is 19.9 Å². The van der Waals surface area contributed by atoms with Crippen molar-refractivity contribution in [2.45, 2.75) is 65.1 Å². The molecule has 0 heterocycles. The van der Waals surface area contributed by atoms with Crippen LogP contribution in [0.25, 0.3) is 0 Å². The maximum atomic E-state index is 5.97. The molecule has 0 amide bonds. The van der Waals surface area contributed by atoms with E-state index >= 15 is 0 Å². The van der Waals surface area contributed by atoms with Gasteiger partial charge in [0.25, 0.3) is 0 Å². The average Bonchev–Trinajstić information content (AvgIpc) is 2.30. The Morgan fingerprint density at radius 1 is 0.905 bits per heavy atom. The van der Waals surface area contributed by atoms with Gasteiger partial charge in [-0.25, -0.2) is 0 Å². The topological polar surface area (TPSA) is 30.9 Å². The van der Waals surface area contributed by atoms with Crippen molar-refractivity contribution in [2.24, 2.45) is 0 Å². The molecule has 0 aliphatic carbocycles. The molecule has 0 aliphatic heterocycles. The van der Waals surface area contributed by atoms with Crippen molar-refractivity contribution in [3.8, 4) is 0 Å². The highest BCUT2D eigenvalue weighted by molar-refractivity contribution is 6.89. The predicted molar refractivity (Wildman–Crippen MR) is 99.7 cm³/mol. The monoisotopic (exact) mass is 351 g/mol. The van der Waals surface area contributed by atoms with Crippen LogP contribution < -0.4 is 0 Å². The van der Waals surface area contributed by atoms with Crippen LogP contribution in [0.3, 0.4) is 0 Å². The van der Waals surface area contributed by atoms with Crippen molar-refractivity contribution in [2.75, 3.05) is 26.6 Å². The van der Waals surface area contributed by atoms with Crippen LogP contribution in [0.1, 0.15) is 13.8 Å². The van der Waals surface area contributed by atoms with Gasteiger partial charge in [-0.3, -0.25) is 0 Å². The Kier molecular flexibility index (Phi) is 10.5. The van der Waals surface area contributed by atoms with Crippen LogP contribution in [-0.2, 0) is 14.2 Å². The molecule has 0 aromatic rings. The molecule has 7 heteroatoms. The van der Waals surface area contributed by atoms with E-state index in [1.165, 1.54) is 0 Å². The Labute approximate surface area is 136 Å². The summed E-state index contributed by atoms with van der Waals surface area (Å²) in [6.07, 6.45) is 0. The molecule has 0 aliphatic rings. The molecule has 0 N–H and O–H groups in total. The zero-order valence-corrected chi connectivity index (χ0v) is 18.9. The molecule has 0 rings (SSSR count). The van der Waals surface area contributed by atoms with Gasteiger partial charge in [0.2, 0.25) is 0 Å². The van der Waals surface area contributed by atoms with E-state index < -0.39 is 16.5 Å². The van der Waals surface area contributed by atoms with E-state index in [1.54, 1.807) is 0 Å². The number of ether oxygens (including phenoxy) is 3. The highest BCUT2D eigenvalue weighted by atomic mass is 28.4. The lowest BCUT2D eigenvalue weighted by Crippen LogP contribution is -2.59. The van der Waals surface area contributed by atoms with Gasteiger partial charge in [0.05, 0.1) is 16.3 Å². The molecule has 0 fully saturated rings. The number of hydrogen-bond donors (Lipinski definition) is 0. The third-order valence-electron chi connectivity index (χ3n) is 3.27. The lowest BCUT2D eigenvalue weighted by atomic mass is 10.8. The highest BCUT2D eigenvalue weighted by Gasteiger charge is 2.34. The van der Waals surface area contributed by atoms with Crippen molar-refractivity contribution >= 4 is 26.0 Å². The van der Waals surface area contributed by atoms with E-state index in [1.807, 2.05) is 13.8 Å². The highest BCUT2D eigenvalue weighted by Crippen LogP contribution is 2.19. The van der Waals surface area contributed by atoms with Crippen LogP contribution in [0.2, 0.25) is 45.3 Å². The van der Waals surface area contributed by atoms with Gasteiger partial charge >= 0.3 is 0 Å². The molecule has 0 radical (unpaired) electrons. The molecule has 0 spiro atoms. The third-order valence-corrected chi connectivity index (χ3v) is 12.4. The predicted octanol–water partition coefficient (Wildman–Crippen LogP) is 2.88. The summed E-state index contributed by atoms with van der Waals surface area (Å²) >= 11 is 0. The zero-order valence-electron chi connectivity index (χ0n) is 15.5. The quantitative estimate of drug-likeness (QED) is 0.307. The van der Waals surface area contributed by atoms with Crippen molar-refractivity contribution in [3.05, 3.63) is 0 Å². The van der Waals surface area contributed by atoms with Crippen molar-refractivity contribution in [1.82, 2.24) is 4.23 Å². The summed E-state index contributed by atoms with van der Waals surface area (Å²) in [5.41, 5.74) is 0. The normalized spacial score (nSPS) is 14.0. The summed E-state index contributed by atoms with van der Waals surface area (Å²) in [4.78, 5) is 0. The summed E-state index contributed by atoms with van der Waals surface area (Å²) < 4.78 is 19.9. The first-order chi connectivity index (χ1) is 9.62. The Bertz CT molecular complexity index is 247. The maximum absolute atomic E-state index is 5.97. The molecule has 0 aromatic heterocycles. The molecular formula is C14H37NO3Si3. The maximum Gasteiger partial charge on any atom is 0.134 e. The van der Waals surface area contributed by atoms with Gasteiger partial charge in [-0.15, -0.1) is 0 Å². The lowest BCUT2D eigenvalue weighted by molar-refractivity contribution is -0.0831. The van der Waals surface area contributed by atoms with Crippen LogP contribution in [-0.4, -0.2) is 62.7 Å². The van der Waals surface area contributed by atoms with Gasteiger partial charge < -0.3 is 18.4 Å². The smallest absolute Gasteiger partial charge is 0.134 e. The Balaban J connectivity index is 4.06. The van der Waals surface area contributed by atoms with Crippen molar-refractivity contribution in [3.63, 3.8) is 0 Å². The standard InChI is InChI=1S/C14H37NO3Si3/c1-9-17-14(18-10-2)19-12-11-16-13-15(20(3,4)5)21(6,7)8/h14H,9-13,19H2,1-8H3. The fourth-order valence-electron chi connectivity index (χ4n) is 2.49. The van der Waals surface area contributed by atoms with Crippen LogP contribution in [0, 0.1) is 0 Å². The average molecular weight is 352 g/mol. The van der Waals surface area contributed by atoms with Gasteiger partial charge in [0.15, 0.2) is 0 Å². The van der Waals surface area contributed by atoms with Crippen LogP contribution in [0.4, 0.5) is 0 Å². The third kappa shape index (κ3) is 9.98. The molecule has 4 nitrogen and oxygen atoms in total. The van der Waals surface area contributed by atoms with E-state index in [9.17, 15) is 0 Å². The molecule has 0 aromatic carbocycles. The summed E-state index contributed by atoms with van der Waals surface area (Å²) in [5, 5.41) is 0. The van der Waals surface area contributed by atoms with E-state index in [0.717, 1.165) is 32.6 Å². The Hall–Kier alpha value is 0.491. The molecular weight excluding hydrogens is 314 g/mol. The second-order valence-corrected chi connectivity index (χ2v) is 19.5. The number of nitrogens with zero attached hydrogens (tertiary/aromatic N) is 1.